The van der Waals surface area contributed by atoms with Gasteiger partial charge in [0.15, 0.2) is 11.5 Å². The van der Waals surface area contributed by atoms with Crippen molar-refractivity contribution in [1.29, 1.82) is 0 Å². The van der Waals surface area contributed by atoms with Crippen LogP contribution in [0, 0.1) is 6.92 Å². The number of methoxy groups -OCH3 is 1. The van der Waals surface area contributed by atoms with Gasteiger partial charge in [-0.15, -0.1) is 5.10 Å². The van der Waals surface area contributed by atoms with Gasteiger partial charge in [0.25, 0.3) is 0 Å². The third-order valence-corrected chi connectivity index (χ3v) is 8.41. The van der Waals surface area contributed by atoms with Crippen molar-refractivity contribution < 1.29 is 32.2 Å². The zero-order valence-electron chi connectivity index (χ0n) is 25.7. The smallest absolute Gasteiger partial charge is 0.354 e. The summed E-state index contributed by atoms with van der Waals surface area (Å²) in [5, 5.41) is 4.64. The molecular weight excluding hydrogens is 593 g/mol. The molecule has 0 aliphatic heterocycles. The predicted molar refractivity (Wildman–Crippen MR) is 172 cm³/mol. The lowest BCUT2D eigenvalue weighted by Gasteiger charge is -2.13. The summed E-state index contributed by atoms with van der Waals surface area (Å²) in [5.74, 6) is 4.14. The van der Waals surface area contributed by atoms with Gasteiger partial charge in [0.2, 0.25) is 11.8 Å². The number of aryl methyl sites for hydroxylation is 1. The first-order valence-electron chi connectivity index (χ1n) is 14.6. The summed E-state index contributed by atoms with van der Waals surface area (Å²) in [6, 6.07) is 24.9. The number of ether oxygens (including phenoxy) is 3. The van der Waals surface area contributed by atoms with Gasteiger partial charge in [-0.1, -0.05) is 42.5 Å². The van der Waals surface area contributed by atoms with Gasteiger partial charge in [-0.2, -0.15) is 0 Å². The first kappa shape index (κ1) is 31.8. The lowest BCUT2D eigenvalue weighted by atomic mass is 10.2. The molecule has 234 valence electrons. The van der Waals surface area contributed by atoms with Gasteiger partial charge in [0, 0.05) is 17.6 Å². The molecule has 0 spiro atoms. The number of nitrogens with zero attached hydrogens (tertiary/aromatic N) is 3. The van der Waals surface area contributed by atoms with Crippen molar-refractivity contribution in [3.63, 3.8) is 0 Å². The van der Waals surface area contributed by atoms with E-state index in [1.54, 1.807) is 37.9 Å². The summed E-state index contributed by atoms with van der Waals surface area (Å²) < 4.78 is 49.3. The zero-order valence-corrected chi connectivity index (χ0v) is 26.6. The zero-order chi connectivity index (χ0) is 31.6. The fraction of sp³-hybridized carbons (Fsp3) is 0.235. The Hall–Kier alpha value is -4.63. The van der Waals surface area contributed by atoms with E-state index in [4.69, 9.17) is 27.7 Å². The molecule has 0 amide bonds. The topological polar surface area (TPSA) is 107 Å². The van der Waals surface area contributed by atoms with Crippen LogP contribution >= 0.6 is 7.60 Å². The van der Waals surface area contributed by atoms with Crippen molar-refractivity contribution >= 4 is 13.7 Å². The van der Waals surface area contributed by atoms with Crippen LogP contribution in [0.5, 0.6) is 17.4 Å². The van der Waals surface area contributed by atoms with Crippen LogP contribution < -0.4 is 14.2 Å². The molecule has 0 fully saturated rings. The molecule has 0 N–H and O–H groups in total. The largest absolute Gasteiger partial charge is 0.493 e. The molecule has 10 nitrogen and oxygen atoms in total. The average Bonchev–Trinajstić information content (AvgIpc) is 3.66. The Bertz CT molecular complexity index is 1760. The lowest BCUT2D eigenvalue weighted by molar-refractivity contribution is 0.229. The molecule has 5 aromatic rings. The standard InChI is InChI=1S/C34H36N3O7P/c1-5-42-45(38,43-6-2)20-19-28-22-37(29-15-11-8-12-16-29)36-34(28)41-23-26-17-18-31(32(21-26)39-4)40-24-30-25(3)44-33(35-30)27-13-9-7-10-14-27/h7-22H,5-6,23-24H2,1-4H3. The molecule has 2 heterocycles. The Morgan fingerprint density at radius 2 is 1.60 bits per heavy atom. The van der Waals surface area contributed by atoms with Crippen molar-refractivity contribution in [1.82, 2.24) is 14.8 Å². The number of benzene rings is 3. The minimum Gasteiger partial charge on any atom is -0.493 e. The molecule has 2 aromatic heterocycles. The molecule has 0 bridgehead atoms. The summed E-state index contributed by atoms with van der Waals surface area (Å²) in [6.07, 6.45) is 3.45. The Labute approximate surface area is 262 Å². The average molecular weight is 630 g/mol. The quantitative estimate of drug-likeness (QED) is 0.106. The highest BCUT2D eigenvalue weighted by molar-refractivity contribution is 7.57. The van der Waals surface area contributed by atoms with E-state index in [0.29, 0.717) is 40.3 Å². The van der Waals surface area contributed by atoms with Crippen LogP contribution in [0.4, 0.5) is 0 Å². The van der Waals surface area contributed by atoms with E-state index in [1.165, 1.54) is 5.82 Å². The van der Waals surface area contributed by atoms with Crippen LogP contribution in [-0.2, 0) is 26.8 Å². The Morgan fingerprint density at radius 3 is 2.29 bits per heavy atom. The fourth-order valence-electron chi connectivity index (χ4n) is 4.45. The summed E-state index contributed by atoms with van der Waals surface area (Å²) >= 11 is 0. The van der Waals surface area contributed by atoms with E-state index in [-0.39, 0.29) is 26.4 Å². The minimum absolute atomic E-state index is 0.195. The van der Waals surface area contributed by atoms with Gasteiger partial charge in [-0.25, -0.2) is 9.67 Å². The van der Waals surface area contributed by atoms with Crippen molar-refractivity contribution in [2.75, 3.05) is 20.3 Å². The molecule has 11 heteroatoms. The van der Waals surface area contributed by atoms with Crippen LogP contribution in [0.2, 0.25) is 0 Å². The van der Waals surface area contributed by atoms with Gasteiger partial charge in [0.05, 0.1) is 31.6 Å². The summed E-state index contributed by atoms with van der Waals surface area (Å²) in [6.45, 7) is 6.32. The molecule has 0 saturated carbocycles. The van der Waals surface area contributed by atoms with Crippen LogP contribution in [-0.4, -0.2) is 35.1 Å². The Kier molecular flexibility index (Phi) is 10.5. The van der Waals surface area contributed by atoms with Gasteiger partial charge in [-0.3, -0.25) is 4.57 Å². The Balaban J connectivity index is 1.31. The number of oxazole rings is 1. The van der Waals surface area contributed by atoms with Crippen molar-refractivity contribution in [2.24, 2.45) is 0 Å². The van der Waals surface area contributed by atoms with Crippen molar-refractivity contribution in [3.05, 3.63) is 113 Å². The van der Waals surface area contributed by atoms with Crippen LogP contribution in [0.25, 0.3) is 23.2 Å². The maximum Gasteiger partial charge on any atom is 0.354 e. The maximum atomic E-state index is 13.1. The molecule has 0 unspecified atom stereocenters. The fourth-order valence-corrected chi connectivity index (χ4v) is 5.76. The van der Waals surface area contributed by atoms with E-state index in [1.807, 2.05) is 85.8 Å². The molecule has 0 radical (unpaired) electrons. The third kappa shape index (κ3) is 8.10. The van der Waals surface area contributed by atoms with Crippen LogP contribution in [0.15, 0.2) is 95.3 Å². The number of para-hydroxylation sites is 1. The van der Waals surface area contributed by atoms with Gasteiger partial charge in [-0.05, 0) is 68.8 Å². The number of aromatic nitrogens is 3. The van der Waals surface area contributed by atoms with Crippen molar-refractivity contribution in [3.8, 4) is 34.5 Å². The number of hydrogen-bond acceptors (Lipinski definition) is 9. The molecule has 0 saturated heterocycles. The van der Waals surface area contributed by atoms with E-state index in [0.717, 1.165) is 16.8 Å². The summed E-state index contributed by atoms with van der Waals surface area (Å²) in [4.78, 5) is 4.61. The maximum absolute atomic E-state index is 13.1. The normalized spacial score (nSPS) is 11.6. The van der Waals surface area contributed by atoms with Gasteiger partial charge < -0.3 is 27.7 Å². The van der Waals surface area contributed by atoms with Gasteiger partial charge in [0.1, 0.15) is 24.7 Å². The molecule has 0 aliphatic rings. The lowest BCUT2D eigenvalue weighted by Crippen LogP contribution is -2.02. The minimum atomic E-state index is -3.42. The Morgan fingerprint density at radius 1 is 0.889 bits per heavy atom. The monoisotopic (exact) mass is 629 g/mol. The highest BCUT2D eigenvalue weighted by atomic mass is 31.2. The SMILES string of the molecule is CCOP(=O)(C=Cc1cn(-c2ccccc2)nc1OCc1ccc(OCc2nc(-c3ccccc3)oc2C)c(OC)c1)OCC. The van der Waals surface area contributed by atoms with Crippen LogP contribution in [0.3, 0.4) is 0 Å². The number of hydrogen-bond donors (Lipinski definition) is 0. The number of rotatable bonds is 15. The summed E-state index contributed by atoms with van der Waals surface area (Å²) in [5.41, 5.74) is 3.90. The summed E-state index contributed by atoms with van der Waals surface area (Å²) in [7, 11) is -1.84. The van der Waals surface area contributed by atoms with E-state index in [2.05, 4.69) is 10.1 Å². The highest BCUT2D eigenvalue weighted by Gasteiger charge is 2.20. The first-order chi connectivity index (χ1) is 21.9. The second kappa shape index (κ2) is 14.9. The van der Waals surface area contributed by atoms with E-state index >= 15 is 0 Å². The second-order valence-corrected chi connectivity index (χ2v) is 11.7. The predicted octanol–water partition coefficient (Wildman–Crippen LogP) is 8.24. The van der Waals surface area contributed by atoms with E-state index < -0.39 is 7.60 Å². The van der Waals surface area contributed by atoms with E-state index in [9.17, 15) is 4.57 Å². The van der Waals surface area contributed by atoms with Crippen molar-refractivity contribution in [2.45, 2.75) is 34.0 Å². The molecule has 0 atom stereocenters. The second-order valence-electron chi connectivity index (χ2n) is 9.81. The molecule has 45 heavy (non-hydrogen) atoms. The third-order valence-electron chi connectivity index (χ3n) is 6.66. The first-order valence-corrected chi connectivity index (χ1v) is 16.2. The molecular formula is C34H36N3O7P. The molecule has 3 aromatic carbocycles. The van der Waals surface area contributed by atoms with Gasteiger partial charge >= 0.3 is 7.60 Å². The highest BCUT2D eigenvalue weighted by Crippen LogP contribution is 2.50. The molecule has 0 aliphatic carbocycles. The molecule has 5 rings (SSSR count). The van der Waals surface area contributed by atoms with Crippen LogP contribution in [0.1, 0.15) is 36.4 Å².